The van der Waals surface area contributed by atoms with Crippen LogP contribution in [-0.4, -0.2) is 0 Å². The second kappa shape index (κ2) is 23.1. The van der Waals surface area contributed by atoms with Gasteiger partial charge < -0.3 is 0 Å². The first-order valence-corrected chi connectivity index (χ1v) is 11.8. The van der Waals surface area contributed by atoms with Crippen LogP contribution in [0.1, 0.15) is 49.4 Å². The summed E-state index contributed by atoms with van der Waals surface area (Å²) in [7, 11) is 0. The first-order chi connectivity index (χ1) is 13.7. The molecule has 0 atom stereocenters. The molecule has 0 aliphatic heterocycles. The Labute approximate surface area is 182 Å². The Kier molecular flexibility index (Phi) is 23.4. The molecular formula is C26H38S2. The van der Waals surface area contributed by atoms with Crippen molar-refractivity contribution in [1.82, 2.24) is 0 Å². The summed E-state index contributed by atoms with van der Waals surface area (Å²) in [4.78, 5) is 2.80. The van der Waals surface area contributed by atoms with Crippen molar-refractivity contribution in [3.8, 4) is 0 Å². The van der Waals surface area contributed by atoms with Crippen LogP contribution in [0.3, 0.4) is 0 Å². The molecule has 0 spiro atoms. The Balaban J connectivity index is 0. The van der Waals surface area contributed by atoms with Crippen molar-refractivity contribution in [2.45, 2.75) is 54.9 Å². The minimum Gasteiger partial charge on any atom is -0.152 e. The maximum Gasteiger partial charge on any atom is 0.00170 e. The molecule has 0 saturated heterocycles. The second-order valence-electron chi connectivity index (χ2n) is 5.20. The highest BCUT2D eigenvalue weighted by Crippen LogP contribution is 2.12. The molecule has 3 aromatic rings. The van der Waals surface area contributed by atoms with E-state index in [9.17, 15) is 0 Å². The first kappa shape index (κ1) is 28.3. The van der Waals surface area contributed by atoms with Crippen LogP contribution < -0.4 is 0 Å². The Bertz CT molecular complexity index is 631. The molecule has 0 unspecified atom stereocenters. The van der Waals surface area contributed by atoms with Gasteiger partial charge in [0, 0.05) is 9.75 Å². The molecule has 1 aliphatic rings. The third-order valence-corrected chi connectivity index (χ3v) is 4.44. The van der Waals surface area contributed by atoms with E-state index in [1.54, 1.807) is 11.3 Å². The Hall–Kier alpha value is -1.90. The van der Waals surface area contributed by atoms with Crippen LogP contribution >= 0.6 is 22.7 Å². The zero-order chi connectivity index (χ0) is 21.5. The van der Waals surface area contributed by atoms with Gasteiger partial charge in [0.1, 0.15) is 0 Å². The van der Waals surface area contributed by atoms with Gasteiger partial charge in [-0.25, -0.2) is 0 Å². The molecule has 154 valence electrons. The largest absolute Gasteiger partial charge is 0.152 e. The average molecular weight is 415 g/mol. The summed E-state index contributed by atoms with van der Waals surface area (Å²) in [5.74, 6) is 0. The maximum absolute atomic E-state index is 2.14. The summed E-state index contributed by atoms with van der Waals surface area (Å²) >= 11 is 3.56. The standard InChI is InChI=1S/C7H8.C6H8S.C5H6.C4H4S.2C2H6/c1-7-5-3-2-4-6-7;1-5-3-4-6(2)7-5;2*1-2-4-5-3-1;2*1-2/h2-6H,1H3;3-4H,1-2H3;1-4H,5H2;1-4H;2*1-2H3. The zero-order valence-corrected chi connectivity index (χ0v) is 20.3. The second-order valence-corrected chi connectivity index (χ2v) is 7.51. The van der Waals surface area contributed by atoms with Crippen LogP contribution in [0.25, 0.3) is 0 Å². The fourth-order valence-electron chi connectivity index (χ4n) is 1.71. The van der Waals surface area contributed by atoms with E-state index in [0.717, 1.165) is 6.42 Å². The summed E-state index contributed by atoms with van der Waals surface area (Å²) in [6.07, 6.45) is 9.50. The summed E-state index contributed by atoms with van der Waals surface area (Å²) in [6.45, 7) is 14.3. The monoisotopic (exact) mass is 414 g/mol. The minimum atomic E-state index is 1.14. The molecule has 0 N–H and O–H groups in total. The van der Waals surface area contributed by atoms with Crippen LogP contribution in [0.4, 0.5) is 0 Å². The molecule has 0 radical (unpaired) electrons. The smallest absolute Gasteiger partial charge is 0.00170 e. The lowest BCUT2D eigenvalue weighted by Gasteiger charge is -1.82. The van der Waals surface area contributed by atoms with Gasteiger partial charge in [-0.1, -0.05) is 100 Å². The van der Waals surface area contributed by atoms with Gasteiger partial charge in [-0.15, -0.1) is 11.3 Å². The van der Waals surface area contributed by atoms with Gasteiger partial charge >= 0.3 is 0 Å². The number of rotatable bonds is 0. The molecule has 4 rings (SSSR count). The molecular weight excluding hydrogens is 376 g/mol. The Morgan fingerprint density at radius 3 is 1.25 bits per heavy atom. The molecule has 0 amide bonds. The van der Waals surface area contributed by atoms with E-state index >= 15 is 0 Å². The van der Waals surface area contributed by atoms with Crippen molar-refractivity contribution in [2.75, 3.05) is 0 Å². The maximum atomic E-state index is 2.14. The fourth-order valence-corrected chi connectivity index (χ4v) is 2.94. The molecule has 2 heterocycles. The number of hydrogen-bond acceptors (Lipinski definition) is 2. The molecule has 0 bridgehead atoms. The van der Waals surface area contributed by atoms with E-state index in [-0.39, 0.29) is 0 Å². The van der Waals surface area contributed by atoms with Gasteiger partial charge in [0.2, 0.25) is 0 Å². The molecule has 1 aromatic carbocycles. The number of allylic oxidation sites excluding steroid dienone is 4. The predicted molar refractivity (Wildman–Crippen MR) is 135 cm³/mol. The summed E-state index contributed by atoms with van der Waals surface area (Å²) in [6, 6.07) is 18.6. The van der Waals surface area contributed by atoms with Crippen molar-refractivity contribution in [1.29, 1.82) is 0 Å². The Morgan fingerprint density at radius 1 is 0.607 bits per heavy atom. The highest BCUT2D eigenvalue weighted by Gasteiger charge is 1.84. The Morgan fingerprint density at radius 2 is 1.07 bits per heavy atom. The van der Waals surface area contributed by atoms with Crippen molar-refractivity contribution in [3.05, 3.63) is 105 Å². The van der Waals surface area contributed by atoms with Gasteiger partial charge in [-0.05, 0) is 50.1 Å². The third-order valence-electron chi connectivity index (χ3n) is 2.90. The van der Waals surface area contributed by atoms with Crippen LogP contribution in [0.2, 0.25) is 0 Å². The zero-order valence-electron chi connectivity index (χ0n) is 18.7. The number of thiophene rings is 2. The molecule has 1 aliphatic carbocycles. The van der Waals surface area contributed by atoms with E-state index in [1.807, 2.05) is 80.1 Å². The summed E-state index contributed by atoms with van der Waals surface area (Å²) in [5.41, 5.74) is 1.32. The molecule has 28 heavy (non-hydrogen) atoms. The lowest BCUT2D eigenvalue weighted by atomic mass is 10.2. The quantitative estimate of drug-likeness (QED) is 0.343. The summed E-state index contributed by atoms with van der Waals surface area (Å²) < 4.78 is 0. The number of aryl methyl sites for hydroxylation is 3. The molecule has 0 nitrogen and oxygen atoms in total. The van der Waals surface area contributed by atoms with E-state index in [2.05, 4.69) is 69.3 Å². The van der Waals surface area contributed by atoms with E-state index < -0.39 is 0 Å². The number of benzene rings is 1. The normalized spacial score (nSPS) is 9.54. The van der Waals surface area contributed by atoms with E-state index in [0.29, 0.717) is 0 Å². The highest BCUT2D eigenvalue weighted by molar-refractivity contribution is 7.11. The lowest BCUT2D eigenvalue weighted by molar-refractivity contribution is 1.45. The van der Waals surface area contributed by atoms with Gasteiger partial charge in [-0.3, -0.25) is 0 Å². The minimum absolute atomic E-state index is 1.14. The third kappa shape index (κ3) is 20.4. The SMILES string of the molecule is C1=CCC=C1.CC.CC.Cc1ccc(C)s1.Cc1ccccc1.c1ccsc1. The molecule has 2 aromatic heterocycles. The first-order valence-electron chi connectivity index (χ1n) is 10.0. The molecule has 0 saturated carbocycles. The topological polar surface area (TPSA) is 0 Å². The average Bonchev–Trinajstić information content (AvgIpc) is 3.53. The van der Waals surface area contributed by atoms with Gasteiger partial charge in [-0.2, -0.15) is 11.3 Å². The van der Waals surface area contributed by atoms with Gasteiger partial charge in [0.15, 0.2) is 0 Å². The van der Waals surface area contributed by atoms with Crippen LogP contribution in [0, 0.1) is 20.8 Å². The van der Waals surface area contributed by atoms with Crippen molar-refractivity contribution in [2.24, 2.45) is 0 Å². The van der Waals surface area contributed by atoms with Gasteiger partial charge in [0.25, 0.3) is 0 Å². The van der Waals surface area contributed by atoms with Gasteiger partial charge in [0.05, 0.1) is 0 Å². The van der Waals surface area contributed by atoms with Crippen LogP contribution in [0.15, 0.2) is 89.7 Å². The predicted octanol–water partition coefficient (Wildman–Crippen LogP) is 9.66. The lowest BCUT2D eigenvalue weighted by Crippen LogP contribution is -1.62. The van der Waals surface area contributed by atoms with E-state index in [4.69, 9.17) is 0 Å². The van der Waals surface area contributed by atoms with Crippen molar-refractivity contribution < 1.29 is 0 Å². The van der Waals surface area contributed by atoms with Crippen LogP contribution in [0.5, 0.6) is 0 Å². The molecule has 0 fully saturated rings. The fraction of sp³-hybridized carbons (Fsp3) is 0.308. The van der Waals surface area contributed by atoms with Crippen LogP contribution in [-0.2, 0) is 0 Å². The van der Waals surface area contributed by atoms with E-state index in [1.165, 1.54) is 15.3 Å². The number of hydrogen-bond donors (Lipinski definition) is 0. The summed E-state index contributed by atoms with van der Waals surface area (Å²) in [5, 5.41) is 4.08. The highest BCUT2D eigenvalue weighted by atomic mass is 32.1. The molecule has 2 heteroatoms. The van der Waals surface area contributed by atoms with Crippen molar-refractivity contribution in [3.63, 3.8) is 0 Å². The van der Waals surface area contributed by atoms with Crippen molar-refractivity contribution >= 4 is 22.7 Å².